The van der Waals surface area contributed by atoms with Crippen LogP contribution in [-0.4, -0.2) is 47.6 Å². The molecule has 142 valence electrons. The van der Waals surface area contributed by atoms with Gasteiger partial charge in [0.15, 0.2) is 0 Å². The molecule has 3 fully saturated rings. The zero-order valence-corrected chi connectivity index (χ0v) is 16.2. The highest BCUT2D eigenvalue weighted by atomic mass is 35.5. The predicted molar refractivity (Wildman–Crippen MR) is 103 cm³/mol. The summed E-state index contributed by atoms with van der Waals surface area (Å²) in [5.41, 5.74) is 0.838. The number of halogens is 1. The van der Waals surface area contributed by atoms with Gasteiger partial charge in [0.25, 0.3) is 5.91 Å². The Kier molecular flexibility index (Phi) is 5.11. The first-order valence-electron chi connectivity index (χ1n) is 9.97. The molecular weight excluding hydrogens is 350 g/mol. The van der Waals surface area contributed by atoms with Crippen LogP contribution in [0.4, 0.5) is 5.82 Å². The highest BCUT2D eigenvalue weighted by molar-refractivity contribution is 6.33. The van der Waals surface area contributed by atoms with Gasteiger partial charge in [-0.15, -0.1) is 0 Å². The number of nitrogens with zero attached hydrogens (tertiary/aromatic N) is 2. The summed E-state index contributed by atoms with van der Waals surface area (Å²) in [5, 5.41) is 4.06. The Balaban J connectivity index is 1.43. The van der Waals surface area contributed by atoms with Crippen LogP contribution in [0.1, 0.15) is 62.2 Å². The number of carbonyl (C=O) groups excluding carboxylic acids is 1. The lowest BCUT2D eigenvalue weighted by molar-refractivity contribution is -0.157. The monoisotopic (exact) mass is 377 g/mol. The smallest absolute Gasteiger partial charge is 0.255 e. The fourth-order valence-corrected chi connectivity index (χ4v) is 4.97. The molecule has 0 bridgehead atoms. The second-order valence-electron chi connectivity index (χ2n) is 7.87. The molecule has 6 heteroatoms. The third kappa shape index (κ3) is 3.09. The first-order chi connectivity index (χ1) is 12.6. The number of anilines is 1. The molecule has 4 rings (SSSR count). The second-order valence-corrected chi connectivity index (χ2v) is 8.28. The van der Waals surface area contributed by atoms with Crippen molar-refractivity contribution >= 4 is 23.3 Å². The first kappa shape index (κ1) is 18.1. The van der Waals surface area contributed by atoms with E-state index in [1.54, 1.807) is 12.3 Å². The van der Waals surface area contributed by atoms with Crippen LogP contribution in [0.3, 0.4) is 0 Å². The van der Waals surface area contributed by atoms with E-state index < -0.39 is 0 Å². The highest BCUT2D eigenvalue weighted by Crippen LogP contribution is 2.58. The Morgan fingerprint density at radius 2 is 2.12 bits per heavy atom. The summed E-state index contributed by atoms with van der Waals surface area (Å²) in [6.45, 7) is 4.49. The van der Waals surface area contributed by atoms with E-state index in [1.807, 2.05) is 4.90 Å². The molecule has 2 aliphatic carbocycles. The molecule has 26 heavy (non-hydrogen) atoms. The number of likely N-dealkylation sites (tertiary alicyclic amines) is 1. The van der Waals surface area contributed by atoms with Crippen molar-refractivity contribution in [3.63, 3.8) is 0 Å². The average molecular weight is 378 g/mol. The lowest BCUT2D eigenvalue weighted by atomic mass is 9.51. The number of pyridine rings is 1. The summed E-state index contributed by atoms with van der Waals surface area (Å²) in [4.78, 5) is 19.0. The summed E-state index contributed by atoms with van der Waals surface area (Å²) >= 11 is 6.46. The maximum absolute atomic E-state index is 12.6. The summed E-state index contributed by atoms with van der Waals surface area (Å²) in [5.74, 6) is 0.731. The van der Waals surface area contributed by atoms with E-state index in [-0.39, 0.29) is 11.3 Å². The molecule has 2 saturated carbocycles. The standard InChI is InChI=1S/C20H28ClN3O2/c1-2-26-17-12-16(20(17)7-6-8-20)23-18-15(21)11-14(13-22-18)19(25)24-9-4-3-5-10-24/h11,13,16-17H,2-10,12H2,1H3,(H,22,23). The maximum Gasteiger partial charge on any atom is 0.255 e. The van der Waals surface area contributed by atoms with Crippen LogP contribution in [0.25, 0.3) is 0 Å². The first-order valence-corrected chi connectivity index (χ1v) is 10.3. The number of amides is 1. The van der Waals surface area contributed by atoms with Gasteiger partial charge >= 0.3 is 0 Å². The number of rotatable bonds is 5. The van der Waals surface area contributed by atoms with Crippen LogP contribution in [0, 0.1) is 5.41 Å². The molecule has 2 unspecified atom stereocenters. The molecule has 1 aromatic rings. The topological polar surface area (TPSA) is 54.5 Å². The molecular formula is C20H28ClN3O2. The molecule has 2 heterocycles. The van der Waals surface area contributed by atoms with Gasteiger partial charge in [-0.25, -0.2) is 4.98 Å². The van der Waals surface area contributed by atoms with Crippen molar-refractivity contribution in [1.82, 2.24) is 9.88 Å². The van der Waals surface area contributed by atoms with Crippen LogP contribution < -0.4 is 5.32 Å². The molecule has 0 aromatic carbocycles. The van der Waals surface area contributed by atoms with Crippen molar-refractivity contribution < 1.29 is 9.53 Å². The van der Waals surface area contributed by atoms with Crippen molar-refractivity contribution in [3.8, 4) is 0 Å². The Labute approximate surface area is 160 Å². The van der Waals surface area contributed by atoms with Gasteiger partial charge in [0.1, 0.15) is 5.82 Å². The zero-order chi connectivity index (χ0) is 18.1. The minimum atomic E-state index is 0.0427. The molecule has 1 saturated heterocycles. The van der Waals surface area contributed by atoms with Gasteiger partial charge in [-0.3, -0.25) is 4.79 Å². The van der Waals surface area contributed by atoms with E-state index in [4.69, 9.17) is 16.3 Å². The molecule has 3 aliphatic rings. The SMILES string of the molecule is CCOC1CC(Nc2ncc(C(=O)N3CCCCC3)cc2Cl)C12CCC2. The number of carbonyl (C=O) groups is 1. The molecule has 0 radical (unpaired) electrons. The van der Waals surface area contributed by atoms with Crippen molar-refractivity contribution in [2.75, 3.05) is 25.0 Å². The van der Waals surface area contributed by atoms with Crippen LogP contribution in [0.2, 0.25) is 5.02 Å². The molecule has 1 aromatic heterocycles. The zero-order valence-electron chi connectivity index (χ0n) is 15.5. The highest BCUT2D eigenvalue weighted by Gasteiger charge is 2.59. The van der Waals surface area contributed by atoms with Crippen molar-refractivity contribution in [2.45, 2.75) is 64.0 Å². The lowest BCUT2D eigenvalue weighted by Crippen LogP contribution is -2.64. The third-order valence-electron chi connectivity index (χ3n) is 6.48. The van der Waals surface area contributed by atoms with Gasteiger partial charge in [0.2, 0.25) is 0 Å². The summed E-state index contributed by atoms with van der Waals surface area (Å²) in [6, 6.07) is 2.13. The van der Waals surface area contributed by atoms with E-state index >= 15 is 0 Å². The van der Waals surface area contributed by atoms with Crippen molar-refractivity contribution in [3.05, 3.63) is 22.8 Å². The average Bonchev–Trinajstić information content (AvgIpc) is 2.60. The number of ether oxygens (including phenoxy) is 1. The lowest BCUT2D eigenvalue weighted by Gasteiger charge is -2.61. The third-order valence-corrected chi connectivity index (χ3v) is 6.77. The molecule has 2 atom stereocenters. The summed E-state index contributed by atoms with van der Waals surface area (Å²) < 4.78 is 5.91. The molecule has 1 N–H and O–H groups in total. The molecule has 1 aliphatic heterocycles. The minimum absolute atomic E-state index is 0.0427. The fraction of sp³-hybridized carbons (Fsp3) is 0.700. The minimum Gasteiger partial charge on any atom is -0.378 e. The predicted octanol–water partition coefficient (Wildman–Crippen LogP) is 4.12. The van der Waals surface area contributed by atoms with Gasteiger partial charge in [-0.2, -0.15) is 0 Å². The number of hydrogen-bond acceptors (Lipinski definition) is 4. The van der Waals surface area contributed by atoms with Crippen LogP contribution in [0.15, 0.2) is 12.3 Å². The Morgan fingerprint density at radius 3 is 2.73 bits per heavy atom. The Bertz CT molecular complexity index is 671. The van der Waals surface area contributed by atoms with E-state index in [1.165, 1.54) is 25.7 Å². The van der Waals surface area contributed by atoms with E-state index in [2.05, 4.69) is 17.2 Å². The number of aromatic nitrogens is 1. The van der Waals surface area contributed by atoms with E-state index in [0.717, 1.165) is 39.0 Å². The number of nitrogens with one attached hydrogen (secondary N) is 1. The summed E-state index contributed by atoms with van der Waals surface area (Å²) in [6.07, 6.45) is 10.1. The van der Waals surface area contributed by atoms with Gasteiger partial charge in [-0.05, 0) is 51.5 Å². The maximum atomic E-state index is 12.6. The van der Waals surface area contributed by atoms with Crippen molar-refractivity contribution in [1.29, 1.82) is 0 Å². The fourth-order valence-electron chi connectivity index (χ4n) is 4.75. The van der Waals surface area contributed by atoms with Crippen molar-refractivity contribution in [2.24, 2.45) is 5.41 Å². The van der Waals surface area contributed by atoms with Gasteiger partial charge in [0.05, 0.1) is 16.7 Å². The normalized spacial score (nSPS) is 26.9. The van der Waals surface area contributed by atoms with Crippen LogP contribution in [0.5, 0.6) is 0 Å². The van der Waals surface area contributed by atoms with Gasteiger partial charge < -0.3 is 15.0 Å². The Hall–Kier alpha value is -1.33. The Morgan fingerprint density at radius 1 is 1.35 bits per heavy atom. The number of hydrogen-bond donors (Lipinski definition) is 1. The number of piperidine rings is 1. The van der Waals surface area contributed by atoms with E-state index in [0.29, 0.717) is 28.5 Å². The van der Waals surface area contributed by atoms with Crippen LogP contribution >= 0.6 is 11.6 Å². The molecule has 5 nitrogen and oxygen atoms in total. The quantitative estimate of drug-likeness (QED) is 0.838. The van der Waals surface area contributed by atoms with Gasteiger partial charge in [-0.1, -0.05) is 18.0 Å². The van der Waals surface area contributed by atoms with E-state index in [9.17, 15) is 4.79 Å². The molecule has 1 amide bonds. The second kappa shape index (κ2) is 7.35. The van der Waals surface area contributed by atoms with Crippen LogP contribution in [-0.2, 0) is 4.74 Å². The van der Waals surface area contributed by atoms with Gasteiger partial charge in [0, 0.05) is 37.4 Å². The largest absolute Gasteiger partial charge is 0.378 e. The summed E-state index contributed by atoms with van der Waals surface area (Å²) in [7, 11) is 0. The molecule has 1 spiro atoms.